The molecule has 0 bridgehead atoms. The van der Waals surface area contributed by atoms with Crippen molar-refractivity contribution in [2.24, 2.45) is 0 Å². The smallest absolute Gasteiger partial charge is 0.410 e. The van der Waals surface area contributed by atoms with E-state index >= 15 is 0 Å². The van der Waals surface area contributed by atoms with Gasteiger partial charge in [-0.3, -0.25) is 0 Å². The van der Waals surface area contributed by atoms with Crippen molar-refractivity contribution in [3.63, 3.8) is 0 Å². The standard InChI is InChI=1S/C11H21NO4/c1-11(2,3)16-10(15)12(4)7-5-8(13)9(14)6-7/h7-9,13-14H,5-6H2,1-4H3. The van der Waals surface area contributed by atoms with Gasteiger partial charge in [0.1, 0.15) is 5.60 Å². The number of nitrogens with zero attached hydrogens (tertiary/aromatic N) is 1. The van der Waals surface area contributed by atoms with Gasteiger partial charge in [0.25, 0.3) is 0 Å². The SMILES string of the molecule is CN(C(=O)OC(C)(C)C)C1CC(O)C(O)C1. The molecule has 1 saturated carbocycles. The predicted molar refractivity (Wildman–Crippen MR) is 59.0 cm³/mol. The van der Waals surface area contributed by atoms with Crippen LogP contribution in [0.5, 0.6) is 0 Å². The molecule has 2 N–H and O–H groups in total. The molecule has 0 aromatic rings. The second kappa shape index (κ2) is 4.59. The van der Waals surface area contributed by atoms with E-state index < -0.39 is 23.9 Å². The minimum atomic E-state index is -0.741. The zero-order chi connectivity index (χ0) is 12.5. The third-order valence-electron chi connectivity index (χ3n) is 2.70. The number of ether oxygens (including phenoxy) is 1. The summed E-state index contributed by atoms with van der Waals surface area (Å²) in [6.45, 7) is 5.41. The van der Waals surface area contributed by atoms with E-state index in [1.165, 1.54) is 4.90 Å². The van der Waals surface area contributed by atoms with Crippen molar-refractivity contribution in [2.45, 2.75) is 57.5 Å². The average molecular weight is 231 g/mol. The molecule has 0 heterocycles. The van der Waals surface area contributed by atoms with Crippen LogP contribution in [-0.4, -0.2) is 52.1 Å². The number of carbonyl (C=O) groups is 1. The van der Waals surface area contributed by atoms with E-state index in [9.17, 15) is 15.0 Å². The molecule has 2 atom stereocenters. The van der Waals surface area contributed by atoms with Gasteiger partial charge in [-0.15, -0.1) is 0 Å². The van der Waals surface area contributed by atoms with Crippen molar-refractivity contribution in [2.75, 3.05) is 7.05 Å². The van der Waals surface area contributed by atoms with E-state index in [2.05, 4.69) is 0 Å². The maximum atomic E-state index is 11.7. The van der Waals surface area contributed by atoms with Crippen LogP contribution < -0.4 is 0 Å². The van der Waals surface area contributed by atoms with Crippen molar-refractivity contribution in [1.29, 1.82) is 0 Å². The molecule has 1 amide bonds. The maximum Gasteiger partial charge on any atom is 0.410 e. The largest absolute Gasteiger partial charge is 0.444 e. The molecule has 1 aliphatic rings. The first-order valence-electron chi connectivity index (χ1n) is 5.52. The average Bonchev–Trinajstić information content (AvgIpc) is 2.43. The summed E-state index contributed by atoms with van der Waals surface area (Å²) in [6, 6.07) is -0.153. The van der Waals surface area contributed by atoms with Crippen LogP contribution in [0.25, 0.3) is 0 Å². The van der Waals surface area contributed by atoms with E-state index in [1.54, 1.807) is 27.8 Å². The van der Waals surface area contributed by atoms with E-state index in [0.29, 0.717) is 12.8 Å². The lowest BCUT2D eigenvalue weighted by Crippen LogP contribution is -2.40. The quantitative estimate of drug-likeness (QED) is 0.698. The second-order valence-corrected chi connectivity index (χ2v) is 5.35. The molecule has 0 aromatic carbocycles. The van der Waals surface area contributed by atoms with Crippen LogP contribution >= 0.6 is 0 Å². The Labute approximate surface area is 96.0 Å². The molecule has 2 unspecified atom stereocenters. The third kappa shape index (κ3) is 3.35. The maximum absolute atomic E-state index is 11.7. The summed E-state index contributed by atoms with van der Waals surface area (Å²) < 4.78 is 5.21. The Bertz CT molecular complexity index is 251. The molecule has 0 aliphatic heterocycles. The minimum absolute atomic E-state index is 0.153. The van der Waals surface area contributed by atoms with Gasteiger partial charge in [0.2, 0.25) is 0 Å². The lowest BCUT2D eigenvalue weighted by molar-refractivity contribution is 0.0216. The van der Waals surface area contributed by atoms with Gasteiger partial charge in [0, 0.05) is 13.1 Å². The molecule has 16 heavy (non-hydrogen) atoms. The first kappa shape index (κ1) is 13.3. The number of carbonyl (C=O) groups excluding carboxylic acids is 1. The third-order valence-corrected chi connectivity index (χ3v) is 2.70. The highest BCUT2D eigenvalue weighted by atomic mass is 16.6. The van der Waals surface area contributed by atoms with E-state index in [0.717, 1.165) is 0 Å². The highest BCUT2D eigenvalue weighted by molar-refractivity contribution is 5.68. The molecule has 0 spiro atoms. The molecule has 0 saturated heterocycles. The lowest BCUT2D eigenvalue weighted by atomic mass is 10.2. The van der Waals surface area contributed by atoms with Gasteiger partial charge in [-0.1, -0.05) is 0 Å². The van der Waals surface area contributed by atoms with Crippen molar-refractivity contribution < 1.29 is 19.7 Å². The Morgan fingerprint density at radius 3 is 2.06 bits per heavy atom. The van der Waals surface area contributed by atoms with Crippen molar-refractivity contribution in [1.82, 2.24) is 4.90 Å². The number of aliphatic hydroxyl groups excluding tert-OH is 2. The number of rotatable bonds is 1. The summed E-state index contributed by atoms with van der Waals surface area (Å²) >= 11 is 0. The van der Waals surface area contributed by atoms with E-state index in [4.69, 9.17) is 4.74 Å². The number of hydrogen-bond acceptors (Lipinski definition) is 4. The molecule has 0 radical (unpaired) electrons. The molecule has 1 fully saturated rings. The van der Waals surface area contributed by atoms with Gasteiger partial charge in [-0.25, -0.2) is 4.79 Å². The molecule has 94 valence electrons. The Morgan fingerprint density at radius 2 is 1.69 bits per heavy atom. The van der Waals surface area contributed by atoms with Crippen LogP contribution in [0.15, 0.2) is 0 Å². The number of aliphatic hydroxyl groups is 2. The Balaban J connectivity index is 2.52. The van der Waals surface area contributed by atoms with Crippen molar-refractivity contribution in [3.8, 4) is 0 Å². The fourth-order valence-corrected chi connectivity index (χ4v) is 1.77. The second-order valence-electron chi connectivity index (χ2n) is 5.35. The zero-order valence-electron chi connectivity index (χ0n) is 10.3. The Hall–Kier alpha value is -0.810. The first-order valence-corrected chi connectivity index (χ1v) is 5.52. The fourth-order valence-electron chi connectivity index (χ4n) is 1.77. The summed E-state index contributed by atoms with van der Waals surface area (Å²) in [4.78, 5) is 13.1. The number of amides is 1. The summed E-state index contributed by atoms with van der Waals surface area (Å²) in [5.41, 5.74) is -0.527. The first-order chi connectivity index (χ1) is 7.20. The van der Waals surface area contributed by atoms with Crippen molar-refractivity contribution >= 4 is 6.09 Å². The number of hydrogen-bond donors (Lipinski definition) is 2. The zero-order valence-corrected chi connectivity index (χ0v) is 10.3. The van der Waals surface area contributed by atoms with Crippen molar-refractivity contribution in [3.05, 3.63) is 0 Å². The topological polar surface area (TPSA) is 70.0 Å². The molecule has 5 nitrogen and oxygen atoms in total. The minimum Gasteiger partial charge on any atom is -0.444 e. The monoisotopic (exact) mass is 231 g/mol. The van der Waals surface area contributed by atoms with Gasteiger partial charge in [-0.2, -0.15) is 0 Å². The normalized spacial score (nSPS) is 30.2. The molecular formula is C11H21NO4. The van der Waals surface area contributed by atoms with Crippen LogP contribution in [0.2, 0.25) is 0 Å². The van der Waals surface area contributed by atoms with Gasteiger partial charge in [0.15, 0.2) is 0 Å². The van der Waals surface area contributed by atoms with E-state index in [1.807, 2.05) is 0 Å². The van der Waals surface area contributed by atoms with E-state index in [-0.39, 0.29) is 6.04 Å². The summed E-state index contributed by atoms with van der Waals surface area (Å²) in [5, 5.41) is 18.8. The van der Waals surface area contributed by atoms with Crippen LogP contribution in [-0.2, 0) is 4.74 Å². The Kier molecular flexibility index (Phi) is 3.80. The molecule has 1 aliphatic carbocycles. The summed E-state index contributed by atoms with van der Waals surface area (Å²) in [5.74, 6) is 0. The molecule has 1 rings (SSSR count). The highest BCUT2D eigenvalue weighted by Gasteiger charge is 2.36. The Morgan fingerprint density at radius 1 is 1.25 bits per heavy atom. The van der Waals surface area contributed by atoms with Gasteiger partial charge >= 0.3 is 6.09 Å². The fraction of sp³-hybridized carbons (Fsp3) is 0.909. The highest BCUT2D eigenvalue weighted by Crippen LogP contribution is 2.25. The van der Waals surface area contributed by atoms with Crippen LogP contribution in [0.4, 0.5) is 4.79 Å². The van der Waals surface area contributed by atoms with Crippen LogP contribution in [0, 0.1) is 0 Å². The van der Waals surface area contributed by atoms with Gasteiger partial charge in [0.05, 0.1) is 12.2 Å². The summed E-state index contributed by atoms with van der Waals surface area (Å²) in [7, 11) is 1.63. The van der Waals surface area contributed by atoms with Gasteiger partial charge < -0.3 is 19.8 Å². The molecule has 0 aromatic heterocycles. The molecular weight excluding hydrogens is 210 g/mol. The van der Waals surface area contributed by atoms with Crippen LogP contribution in [0.1, 0.15) is 33.6 Å². The lowest BCUT2D eigenvalue weighted by Gasteiger charge is -2.28. The summed E-state index contributed by atoms with van der Waals surface area (Å²) in [6.07, 6.45) is -1.10. The molecule has 5 heteroatoms. The van der Waals surface area contributed by atoms with Crippen LogP contribution in [0.3, 0.4) is 0 Å². The van der Waals surface area contributed by atoms with Gasteiger partial charge in [-0.05, 0) is 33.6 Å². The predicted octanol–water partition coefficient (Wildman–Crippen LogP) is 0.737.